The Kier molecular flexibility index (Phi) is 10.8. The Morgan fingerprint density at radius 1 is 0.906 bits per heavy atom. The molecule has 178 valence electrons. The number of carbonyl (C=O) groups excluding carboxylic acids is 3. The molecule has 0 radical (unpaired) electrons. The van der Waals surface area contributed by atoms with Gasteiger partial charge in [-0.25, -0.2) is 4.79 Å². The first kappa shape index (κ1) is 27.0. The zero-order valence-corrected chi connectivity index (χ0v) is 18.3. The number of rotatable bonds is 12. The number of nitrogens with two attached hydrogens (primary N) is 1. The molecule has 8 N–H and O–H groups in total. The molecule has 0 spiro atoms. The van der Waals surface area contributed by atoms with E-state index in [9.17, 15) is 34.5 Å². The lowest BCUT2D eigenvalue weighted by Gasteiger charge is -2.26. The number of hydrogen-bond acceptors (Lipinski definition) is 7. The van der Waals surface area contributed by atoms with Gasteiger partial charge in [0.2, 0.25) is 17.7 Å². The third kappa shape index (κ3) is 8.25. The fourth-order valence-corrected chi connectivity index (χ4v) is 2.74. The van der Waals surface area contributed by atoms with Crippen LogP contribution >= 0.6 is 0 Å². The lowest BCUT2D eigenvalue weighted by atomic mass is 10.0. The number of carbonyl (C=O) groups is 4. The second-order valence-electron chi connectivity index (χ2n) is 7.83. The lowest BCUT2D eigenvalue weighted by Crippen LogP contribution is -2.61. The summed E-state index contributed by atoms with van der Waals surface area (Å²) < 4.78 is 0. The van der Waals surface area contributed by atoms with Crippen LogP contribution in [0.5, 0.6) is 0 Å². The maximum Gasteiger partial charge on any atom is 0.326 e. The molecule has 1 rings (SSSR count). The number of carboxylic acid groups (broad SMARTS) is 1. The van der Waals surface area contributed by atoms with Crippen LogP contribution in [0.15, 0.2) is 30.3 Å². The molecule has 0 bridgehead atoms. The summed E-state index contributed by atoms with van der Waals surface area (Å²) in [5.74, 6) is -4.05. The predicted octanol–water partition coefficient (Wildman–Crippen LogP) is -1.88. The van der Waals surface area contributed by atoms with Crippen LogP contribution in [0.3, 0.4) is 0 Å². The summed E-state index contributed by atoms with van der Waals surface area (Å²) in [5, 5.41) is 35.7. The molecule has 0 aliphatic carbocycles. The van der Waals surface area contributed by atoms with E-state index in [1.165, 1.54) is 6.92 Å². The van der Waals surface area contributed by atoms with E-state index in [4.69, 9.17) is 5.73 Å². The number of aliphatic carboxylic acids is 1. The topological polar surface area (TPSA) is 191 Å². The van der Waals surface area contributed by atoms with Crippen molar-refractivity contribution < 1.29 is 34.5 Å². The van der Waals surface area contributed by atoms with Crippen molar-refractivity contribution in [2.24, 2.45) is 11.7 Å². The van der Waals surface area contributed by atoms with Crippen LogP contribution in [-0.4, -0.2) is 75.9 Å². The summed E-state index contributed by atoms with van der Waals surface area (Å²) >= 11 is 0. The van der Waals surface area contributed by atoms with Gasteiger partial charge < -0.3 is 37.0 Å². The second kappa shape index (κ2) is 12.7. The molecule has 0 fully saturated rings. The van der Waals surface area contributed by atoms with E-state index in [2.05, 4.69) is 16.0 Å². The van der Waals surface area contributed by atoms with Gasteiger partial charge in [0, 0.05) is 6.42 Å². The number of aliphatic hydroxyl groups is 2. The standard InChI is InChI=1S/C21H32N4O7/c1-11(2)16(22)19(29)25-17(12(3)27)20(30)24-15(10-26)18(28)23-14(21(31)32)9-13-7-5-4-6-8-13/h4-8,11-12,14-17,26-27H,9-10,22H2,1-3H3,(H,23,28)(H,24,30)(H,25,29)(H,31,32)/t12-,14+,15+,16+,17+/m1/s1. The van der Waals surface area contributed by atoms with Gasteiger partial charge in [-0.3, -0.25) is 14.4 Å². The van der Waals surface area contributed by atoms with Crippen molar-refractivity contribution in [3.63, 3.8) is 0 Å². The molecule has 0 aliphatic heterocycles. The Hall–Kier alpha value is -3.02. The number of benzene rings is 1. The Morgan fingerprint density at radius 3 is 1.94 bits per heavy atom. The minimum atomic E-state index is -1.50. The van der Waals surface area contributed by atoms with Crippen LogP contribution in [0.4, 0.5) is 0 Å². The van der Waals surface area contributed by atoms with Crippen molar-refractivity contribution in [2.45, 2.75) is 57.5 Å². The molecule has 5 atom stereocenters. The predicted molar refractivity (Wildman–Crippen MR) is 115 cm³/mol. The smallest absolute Gasteiger partial charge is 0.326 e. The highest BCUT2D eigenvalue weighted by atomic mass is 16.4. The summed E-state index contributed by atoms with van der Waals surface area (Å²) in [4.78, 5) is 48.8. The molecule has 0 saturated carbocycles. The maximum absolute atomic E-state index is 12.6. The van der Waals surface area contributed by atoms with Crippen molar-refractivity contribution in [1.82, 2.24) is 16.0 Å². The molecule has 11 heteroatoms. The fourth-order valence-electron chi connectivity index (χ4n) is 2.74. The molecule has 11 nitrogen and oxygen atoms in total. The van der Waals surface area contributed by atoms with E-state index in [1.807, 2.05) is 0 Å². The summed E-state index contributed by atoms with van der Waals surface area (Å²) in [7, 11) is 0. The molecule has 1 aromatic carbocycles. The van der Waals surface area contributed by atoms with E-state index in [0.29, 0.717) is 5.56 Å². The van der Waals surface area contributed by atoms with Crippen LogP contribution in [0.1, 0.15) is 26.3 Å². The summed E-state index contributed by atoms with van der Waals surface area (Å²) in [5.41, 5.74) is 6.42. The Balaban J connectivity index is 2.84. The number of carboxylic acids is 1. The van der Waals surface area contributed by atoms with Crippen molar-refractivity contribution in [2.75, 3.05) is 6.61 Å². The summed E-state index contributed by atoms with van der Waals surface area (Å²) in [6.07, 6.45) is -1.33. The van der Waals surface area contributed by atoms with Crippen LogP contribution in [-0.2, 0) is 25.6 Å². The minimum Gasteiger partial charge on any atom is -0.480 e. The number of amides is 3. The normalized spacial score (nSPS) is 15.7. The number of aliphatic hydroxyl groups excluding tert-OH is 2. The molecule has 1 aromatic rings. The first-order chi connectivity index (χ1) is 15.0. The van der Waals surface area contributed by atoms with Gasteiger partial charge in [0.25, 0.3) is 0 Å². The highest BCUT2D eigenvalue weighted by Gasteiger charge is 2.32. The fraction of sp³-hybridized carbons (Fsp3) is 0.524. The Morgan fingerprint density at radius 2 is 1.47 bits per heavy atom. The Bertz CT molecular complexity index is 786. The summed E-state index contributed by atoms with van der Waals surface area (Å²) in [6.45, 7) is 3.85. The molecule has 0 saturated heterocycles. The largest absolute Gasteiger partial charge is 0.480 e. The molecule has 0 aliphatic rings. The number of nitrogens with one attached hydrogen (secondary N) is 3. The molecule has 0 heterocycles. The molecule has 32 heavy (non-hydrogen) atoms. The zero-order chi connectivity index (χ0) is 24.4. The van der Waals surface area contributed by atoms with Crippen molar-refractivity contribution in [3.8, 4) is 0 Å². The first-order valence-corrected chi connectivity index (χ1v) is 10.2. The van der Waals surface area contributed by atoms with Gasteiger partial charge in [-0.2, -0.15) is 0 Å². The Labute approximate surface area is 186 Å². The van der Waals surface area contributed by atoms with E-state index in [0.717, 1.165) is 0 Å². The van der Waals surface area contributed by atoms with Crippen LogP contribution < -0.4 is 21.7 Å². The van der Waals surface area contributed by atoms with E-state index >= 15 is 0 Å². The van der Waals surface area contributed by atoms with Gasteiger partial charge in [-0.05, 0) is 18.4 Å². The van der Waals surface area contributed by atoms with E-state index in [1.54, 1.807) is 44.2 Å². The van der Waals surface area contributed by atoms with Gasteiger partial charge in [0.1, 0.15) is 18.1 Å². The second-order valence-corrected chi connectivity index (χ2v) is 7.83. The van der Waals surface area contributed by atoms with E-state index in [-0.39, 0.29) is 12.3 Å². The highest BCUT2D eigenvalue weighted by molar-refractivity contribution is 5.94. The molecule has 0 aromatic heterocycles. The van der Waals surface area contributed by atoms with Gasteiger partial charge >= 0.3 is 5.97 Å². The first-order valence-electron chi connectivity index (χ1n) is 10.2. The summed E-state index contributed by atoms with van der Waals surface area (Å²) in [6, 6.07) is 3.45. The van der Waals surface area contributed by atoms with Gasteiger partial charge in [-0.15, -0.1) is 0 Å². The highest BCUT2D eigenvalue weighted by Crippen LogP contribution is 2.05. The quantitative estimate of drug-likeness (QED) is 0.192. The average molecular weight is 453 g/mol. The van der Waals surface area contributed by atoms with Gasteiger partial charge in [0.05, 0.1) is 18.8 Å². The molecular formula is C21H32N4O7. The average Bonchev–Trinajstić information content (AvgIpc) is 2.74. The third-order valence-electron chi connectivity index (χ3n) is 4.80. The van der Waals surface area contributed by atoms with Crippen molar-refractivity contribution in [1.29, 1.82) is 0 Å². The lowest BCUT2D eigenvalue weighted by molar-refractivity contribution is -0.142. The monoisotopic (exact) mass is 452 g/mol. The van der Waals surface area contributed by atoms with Gasteiger partial charge in [-0.1, -0.05) is 44.2 Å². The van der Waals surface area contributed by atoms with Gasteiger partial charge in [0.15, 0.2) is 0 Å². The van der Waals surface area contributed by atoms with Crippen molar-refractivity contribution in [3.05, 3.63) is 35.9 Å². The van der Waals surface area contributed by atoms with Crippen LogP contribution in [0.25, 0.3) is 0 Å². The molecular weight excluding hydrogens is 420 g/mol. The SMILES string of the molecule is CC(C)[C@H](N)C(=O)N[C@H](C(=O)N[C@@H](CO)C(=O)N[C@@H](Cc1ccccc1)C(=O)O)[C@@H](C)O. The van der Waals surface area contributed by atoms with Crippen LogP contribution in [0.2, 0.25) is 0 Å². The van der Waals surface area contributed by atoms with Crippen LogP contribution in [0, 0.1) is 5.92 Å². The van der Waals surface area contributed by atoms with Crippen molar-refractivity contribution >= 4 is 23.7 Å². The number of hydrogen-bond donors (Lipinski definition) is 7. The third-order valence-corrected chi connectivity index (χ3v) is 4.80. The minimum absolute atomic E-state index is 0.00649. The zero-order valence-electron chi connectivity index (χ0n) is 18.3. The maximum atomic E-state index is 12.6. The molecule has 0 unspecified atom stereocenters. The molecule has 3 amide bonds. The van der Waals surface area contributed by atoms with E-state index < -0.39 is 60.6 Å².